The molecular formula is C13H21NO2. The van der Waals surface area contributed by atoms with Crippen molar-refractivity contribution in [3.63, 3.8) is 0 Å². The Morgan fingerprint density at radius 2 is 1.94 bits per heavy atom. The van der Waals surface area contributed by atoms with E-state index in [0.29, 0.717) is 19.3 Å². The first-order valence-corrected chi connectivity index (χ1v) is 5.72. The molecule has 1 aromatic rings. The lowest BCUT2D eigenvalue weighted by Gasteiger charge is -2.14. The largest absolute Gasteiger partial charge is 0.394 e. The average molecular weight is 223 g/mol. The van der Waals surface area contributed by atoms with Crippen LogP contribution in [0.5, 0.6) is 0 Å². The normalized spacial score (nSPS) is 12.7. The minimum absolute atomic E-state index is 0.0908. The summed E-state index contributed by atoms with van der Waals surface area (Å²) in [7, 11) is 0. The Balaban J connectivity index is 2.24. The van der Waals surface area contributed by atoms with Gasteiger partial charge in [-0.05, 0) is 19.4 Å². The number of rotatable bonds is 7. The van der Waals surface area contributed by atoms with Crippen LogP contribution < -0.4 is 5.32 Å². The summed E-state index contributed by atoms with van der Waals surface area (Å²) in [6.07, 6.45) is 0. The lowest BCUT2D eigenvalue weighted by Crippen LogP contribution is -2.23. The number of hydrogen-bond acceptors (Lipinski definition) is 3. The van der Waals surface area contributed by atoms with Crippen LogP contribution in [0.15, 0.2) is 24.3 Å². The topological polar surface area (TPSA) is 41.5 Å². The molecule has 3 heteroatoms. The Labute approximate surface area is 97.4 Å². The summed E-state index contributed by atoms with van der Waals surface area (Å²) in [5, 5.41) is 11.9. The van der Waals surface area contributed by atoms with Crippen LogP contribution in [0, 0.1) is 6.92 Å². The maximum absolute atomic E-state index is 8.53. The van der Waals surface area contributed by atoms with E-state index in [0.717, 1.165) is 6.54 Å². The number of nitrogens with one attached hydrogen (secondary N) is 1. The summed E-state index contributed by atoms with van der Waals surface area (Å²) in [4.78, 5) is 0. The monoisotopic (exact) mass is 223 g/mol. The van der Waals surface area contributed by atoms with Gasteiger partial charge in [0.25, 0.3) is 0 Å². The third-order valence-corrected chi connectivity index (χ3v) is 2.51. The van der Waals surface area contributed by atoms with Crippen LogP contribution in [0.25, 0.3) is 0 Å². The van der Waals surface area contributed by atoms with Gasteiger partial charge in [-0.2, -0.15) is 0 Å². The zero-order valence-corrected chi connectivity index (χ0v) is 10.1. The number of ether oxygens (including phenoxy) is 1. The molecule has 0 amide bonds. The highest BCUT2D eigenvalue weighted by molar-refractivity contribution is 5.23. The number of hydrogen-bond donors (Lipinski definition) is 2. The number of benzene rings is 1. The third kappa shape index (κ3) is 4.75. The highest BCUT2D eigenvalue weighted by Gasteiger charge is 2.03. The standard InChI is InChI=1S/C13H21NO2/c1-11-3-5-13(6-4-11)12(2)14-7-9-16-10-8-15/h3-6,12,14-15H,7-10H2,1-2H3. The second kappa shape index (κ2) is 7.39. The van der Waals surface area contributed by atoms with E-state index in [-0.39, 0.29) is 6.61 Å². The van der Waals surface area contributed by atoms with Gasteiger partial charge in [0.1, 0.15) is 0 Å². The molecule has 0 bridgehead atoms. The minimum Gasteiger partial charge on any atom is -0.394 e. The summed E-state index contributed by atoms with van der Waals surface area (Å²) < 4.78 is 5.18. The molecular weight excluding hydrogens is 202 g/mol. The summed E-state index contributed by atoms with van der Waals surface area (Å²) in [5.74, 6) is 0. The summed E-state index contributed by atoms with van der Waals surface area (Å²) in [6.45, 7) is 6.17. The summed E-state index contributed by atoms with van der Waals surface area (Å²) in [5.41, 5.74) is 2.56. The Bertz CT molecular complexity index is 284. The van der Waals surface area contributed by atoms with E-state index in [1.165, 1.54) is 11.1 Å². The Hall–Kier alpha value is -0.900. The predicted molar refractivity (Wildman–Crippen MR) is 65.5 cm³/mol. The van der Waals surface area contributed by atoms with Crippen molar-refractivity contribution < 1.29 is 9.84 Å². The molecule has 0 saturated heterocycles. The highest BCUT2D eigenvalue weighted by atomic mass is 16.5. The van der Waals surface area contributed by atoms with E-state index in [1.807, 2.05) is 0 Å². The SMILES string of the molecule is Cc1ccc(C(C)NCCOCCO)cc1. The van der Waals surface area contributed by atoms with E-state index in [4.69, 9.17) is 9.84 Å². The first-order valence-electron chi connectivity index (χ1n) is 5.72. The van der Waals surface area contributed by atoms with Gasteiger partial charge in [-0.15, -0.1) is 0 Å². The van der Waals surface area contributed by atoms with Crippen molar-refractivity contribution in [2.45, 2.75) is 19.9 Å². The van der Waals surface area contributed by atoms with Gasteiger partial charge < -0.3 is 15.2 Å². The molecule has 0 aromatic heterocycles. The molecule has 1 unspecified atom stereocenters. The first kappa shape index (κ1) is 13.2. The highest BCUT2D eigenvalue weighted by Crippen LogP contribution is 2.12. The van der Waals surface area contributed by atoms with Gasteiger partial charge in [0.2, 0.25) is 0 Å². The van der Waals surface area contributed by atoms with Crippen molar-refractivity contribution in [3.8, 4) is 0 Å². The second-order valence-corrected chi connectivity index (χ2v) is 3.92. The van der Waals surface area contributed by atoms with Gasteiger partial charge in [-0.1, -0.05) is 29.8 Å². The number of aliphatic hydroxyl groups is 1. The van der Waals surface area contributed by atoms with Crippen molar-refractivity contribution in [2.24, 2.45) is 0 Å². The van der Waals surface area contributed by atoms with E-state index < -0.39 is 0 Å². The fourth-order valence-corrected chi connectivity index (χ4v) is 1.49. The minimum atomic E-state index is 0.0908. The second-order valence-electron chi connectivity index (χ2n) is 3.92. The number of aryl methyl sites for hydroxylation is 1. The average Bonchev–Trinajstić information content (AvgIpc) is 2.29. The van der Waals surface area contributed by atoms with E-state index >= 15 is 0 Å². The van der Waals surface area contributed by atoms with Gasteiger partial charge in [0, 0.05) is 12.6 Å². The molecule has 0 aliphatic heterocycles. The third-order valence-electron chi connectivity index (χ3n) is 2.51. The Morgan fingerprint density at radius 1 is 1.25 bits per heavy atom. The maximum atomic E-state index is 8.53. The molecule has 0 aliphatic carbocycles. The summed E-state index contributed by atoms with van der Waals surface area (Å²) in [6, 6.07) is 8.85. The van der Waals surface area contributed by atoms with Crippen molar-refractivity contribution in [1.29, 1.82) is 0 Å². The first-order chi connectivity index (χ1) is 7.74. The Morgan fingerprint density at radius 3 is 2.56 bits per heavy atom. The van der Waals surface area contributed by atoms with Crippen LogP contribution in [0.3, 0.4) is 0 Å². The van der Waals surface area contributed by atoms with Crippen molar-refractivity contribution >= 4 is 0 Å². The molecule has 0 radical (unpaired) electrons. The molecule has 2 N–H and O–H groups in total. The molecule has 0 fully saturated rings. The molecule has 0 aliphatic rings. The predicted octanol–water partition coefficient (Wildman–Crippen LogP) is 1.65. The molecule has 0 spiro atoms. The zero-order valence-electron chi connectivity index (χ0n) is 10.1. The Kier molecular flexibility index (Phi) is 6.08. The van der Waals surface area contributed by atoms with Gasteiger partial charge in [0.05, 0.1) is 19.8 Å². The van der Waals surface area contributed by atoms with Gasteiger partial charge in [0.15, 0.2) is 0 Å². The van der Waals surface area contributed by atoms with E-state index in [1.54, 1.807) is 0 Å². The van der Waals surface area contributed by atoms with Crippen LogP contribution in [0.2, 0.25) is 0 Å². The fraction of sp³-hybridized carbons (Fsp3) is 0.538. The van der Waals surface area contributed by atoms with Crippen LogP contribution >= 0.6 is 0 Å². The maximum Gasteiger partial charge on any atom is 0.0698 e. The molecule has 3 nitrogen and oxygen atoms in total. The van der Waals surface area contributed by atoms with E-state index in [9.17, 15) is 0 Å². The zero-order chi connectivity index (χ0) is 11.8. The van der Waals surface area contributed by atoms with Gasteiger partial charge in [-0.25, -0.2) is 0 Å². The molecule has 1 rings (SSSR count). The van der Waals surface area contributed by atoms with Crippen molar-refractivity contribution in [1.82, 2.24) is 5.32 Å². The fourth-order valence-electron chi connectivity index (χ4n) is 1.49. The lowest BCUT2D eigenvalue weighted by molar-refractivity contribution is 0.0928. The molecule has 0 heterocycles. The molecule has 1 atom stereocenters. The van der Waals surface area contributed by atoms with Gasteiger partial charge in [-0.3, -0.25) is 0 Å². The molecule has 1 aromatic carbocycles. The van der Waals surface area contributed by atoms with Crippen molar-refractivity contribution in [3.05, 3.63) is 35.4 Å². The van der Waals surface area contributed by atoms with Crippen LogP contribution in [-0.2, 0) is 4.74 Å². The van der Waals surface area contributed by atoms with Gasteiger partial charge >= 0.3 is 0 Å². The molecule has 90 valence electrons. The summed E-state index contributed by atoms with van der Waals surface area (Å²) >= 11 is 0. The molecule has 16 heavy (non-hydrogen) atoms. The van der Waals surface area contributed by atoms with Crippen molar-refractivity contribution in [2.75, 3.05) is 26.4 Å². The molecule has 0 saturated carbocycles. The smallest absolute Gasteiger partial charge is 0.0698 e. The van der Waals surface area contributed by atoms with Crippen LogP contribution in [0.1, 0.15) is 24.1 Å². The van der Waals surface area contributed by atoms with E-state index in [2.05, 4.69) is 43.4 Å². The van der Waals surface area contributed by atoms with Crippen LogP contribution in [0.4, 0.5) is 0 Å². The lowest BCUT2D eigenvalue weighted by atomic mass is 10.1. The quantitative estimate of drug-likeness (QED) is 0.691. The number of aliphatic hydroxyl groups excluding tert-OH is 1. The van der Waals surface area contributed by atoms with Crippen LogP contribution in [-0.4, -0.2) is 31.5 Å².